The molecule has 0 amide bonds. The molecule has 4 rings (SSSR count). The number of rotatable bonds is 7. The number of nitrogens with zero attached hydrogens (tertiary/aromatic N) is 3. The Balaban J connectivity index is 1.30. The van der Waals surface area contributed by atoms with Gasteiger partial charge in [0, 0.05) is 64.8 Å². The SMILES string of the molecule is c1ccc(CN2CCN(C(=NCC3CCOC3)NCCc3ccco3)CC2)cc1. The van der Waals surface area contributed by atoms with Gasteiger partial charge in [-0.25, -0.2) is 0 Å². The van der Waals surface area contributed by atoms with Gasteiger partial charge in [-0.05, 0) is 24.1 Å². The van der Waals surface area contributed by atoms with Gasteiger partial charge in [-0.3, -0.25) is 9.89 Å². The van der Waals surface area contributed by atoms with Crippen LogP contribution >= 0.6 is 0 Å². The number of hydrogen-bond acceptors (Lipinski definition) is 4. The van der Waals surface area contributed by atoms with E-state index in [0.29, 0.717) is 5.92 Å². The quantitative estimate of drug-likeness (QED) is 0.576. The van der Waals surface area contributed by atoms with Gasteiger partial charge in [-0.1, -0.05) is 30.3 Å². The van der Waals surface area contributed by atoms with Crippen molar-refractivity contribution in [2.45, 2.75) is 19.4 Å². The highest BCUT2D eigenvalue weighted by Crippen LogP contribution is 2.13. The van der Waals surface area contributed by atoms with E-state index in [4.69, 9.17) is 14.1 Å². The predicted octanol–water partition coefficient (Wildman–Crippen LogP) is 2.62. The largest absolute Gasteiger partial charge is 0.469 e. The molecule has 0 aliphatic carbocycles. The number of nitrogens with one attached hydrogen (secondary N) is 1. The van der Waals surface area contributed by atoms with Crippen LogP contribution in [0.25, 0.3) is 0 Å². The van der Waals surface area contributed by atoms with Crippen LogP contribution in [0.15, 0.2) is 58.1 Å². The summed E-state index contributed by atoms with van der Waals surface area (Å²) in [6.45, 7) is 8.52. The van der Waals surface area contributed by atoms with Crippen molar-refractivity contribution in [3.63, 3.8) is 0 Å². The summed E-state index contributed by atoms with van der Waals surface area (Å²) in [5.41, 5.74) is 1.38. The zero-order chi connectivity index (χ0) is 19.7. The number of ether oxygens (including phenoxy) is 1. The molecule has 6 heteroatoms. The normalized spacial score (nSPS) is 20.9. The van der Waals surface area contributed by atoms with Gasteiger partial charge in [0.25, 0.3) is 0 Å². The molecule has 0 spiro atoms. The number of benzene rings is 1. The average molecular weight is 397 g/mol. The highest BCUT2D eigenvalue weighted by molar-refractivity contribution is 5.80. The van der Waals surface area contributed by atoms with Gasteiger partial charge in [0.1, 0.15) is 5.76 Å². The molecule has 3 heterocycles. The molecule has 2 aromatic rings. The van der Waals surface area contributed by atoms with Crippen LogP contribution < -0.4 is 5.32 Å². The molecular formula is C23H32N4O2. The van der Waals surface area contributed by atoms with E-state index < -0.39 is 0 Å². The van der Waals surface area contributed by atoms with Gasteiger partial charge < -0.3 is 19.4 Å². The van der Waals surface area contributed by atoms with E-state index in [1.165, 1.54) is 5.56 Å². The molecule has 1 aromatic carbocycles. The second-order valence-electron chi connectivity index (χ2n) is 7.90. The molecule has 1 atom stereocenters. The van der Waals surface area contributed by atoms with E-state index >= 15 is 0 Å². The molecule has 2 aliphatic rings. The van der Waals surface area contributed by atoms with Crippen LogP contribution in [0, 0.1) is 5.92 Å². The van der Waals surface area contributed by atoms with E-state index in [0.717, 1.165) is 83.6 Å². The third kappa shape index (κ3) is 6.08. The standard InChI is InChI=1S/C23H32N4O2/c1-2-5-20(6-3-1)18-26-11-13-27(14-12-26)23(25-17-21-9-16-28-19-21)24-10-8-22-7-4-15-29-22/h1-7,15,21H,8-14,16-19H2,(H,24,25). The monoisotopic (exact) mass is 396 g/mol. The van der Waals surface area contributed by atoms with E-state index in [9.17, 15) is 0 Å². The Kier molecular flexibility index (Phi) is 7.21. The molecule has 2 saturated heterocycles. The maximum Gasteiger partial charge on any atom is 0.194 e. The third-order valence-electron chi connectivity index (χ3n) is 5.68. The number of guanidine groups is 1. The minimum atomic E-state index is 0.552. The van der Waals surface area contributed by atoms with Crippen molar-refractivity contribution in [3.05, 3.63) is 60.1 Å². The molecule has 0 bridgehead atoms. The summed E-state index contributed by atoms with van der Waals surface area (Å²) in [6.07, 6.45) is 3.72. The first-order chi connectivity index (χ1) is 14.4. The first-order valence-electron chi connectivity index (χ1n) is 10.8. The highest BCUT2D eigenvalue weighted by Gasteiger charge is 2.21. The number of piperazine rings is 1. The van der Waals surface area contributed by atoms with Crippen molar-refractivity contribution in [1.29, 1.82) is 0 Å². The number of aliphatic imine (C=N–C) groups is 1. The average Bonchev–Trinajstić information content (AvgIpc) is 3.46. The van der Waals surface area contributed by atoms with Gasteiger partial charge >= 0.3 is 0 Å². The zero-order valence-electron chi connectivity index (χ0n) is 17.1. The summed E-state index contributed by atoms with van der Waals surface area (Å²) >= 11 is 0. The summed E-state index contributed by atoms with van der Waals surface area (Å²) < 4.78 is 11.0. The molecular weight excluding hydrogens is 364 g/mol. The fourth-order valence-electron chi connectivity index (χ4n) is 3.92. The Morgan fingerprint density at radius 1 is 1.07 bits per heavy atom. The van der Waals surface area contributed by atoms with Crippen LogP contribution in [0.3, 0.4) is 0 Å². The van der Waals surface area contributed by atoms with Crippen molar-refractivity contribution in [2.24, 2.45) is 10.9 Å². The van der Waals surface area contributed by atoms with Crippen molar-refractivity contribution in [2.75, 3.05) is 52.5 Å². The molecule has 2 aliphatic heterocycles. The van der Waals surface area contributed by atoms with Gasteiger partial charge in [0.15, 0.2) is 5.96 Å². The summed E-state index contributed by atoms with van der Waals surface area (Å²) in [5, 5.41) is 3.57. The molecule has 1 unspecified atom stereocenters. The van der Waals surface area contributed by atoms with Crippen LogP contribution in [-0.4, -0.2) is 68.2 Å². The number of furan rings is 1. The first-order valence-corrected chi connectivity index (χ1v) is 10.8. The summed E-state index contributed by atoms with van der Waals surface area (Å²) in [6, 6.07) is 14.7. The van der Waals surface area contributed by atoms with E-state index in [1.807, 2.05) is 12.1 Å². The Bertz CT molecular complexity index is 734. The summed E-state index contributed by atoms with van der Waals surface area (Å²) in [5.74, 6) is 2.59. The minimum Gasteiger partial charge on any atom is -0.469 e. The second kappa shape index (κ2) is 10.5. The summed E-state index contributed by atoms with van der Waals surface area (Å²) in [4.78, 5) is 9.89. The maximum atomic E-state index is 5.51. The smallest absolute Gasteiger partial charge is 0.194 e. The highest BCUT2D eigenvalue weighted by atomic mass is 16.5. The lowest BCUT2D eigenvalue weighted by atomic mass is 10.1. The van der Waals surface area contributed by atoms with Gasteiger partial charge in [0.05, 0.1) is 12.9 Å². The third-order valence-corrected chi connectivity index (χ3v) is 5.68. The fraction of sp³-hybridized carbons (Fsp3) is 0.522. The minimum absolute atomic E-state index is 0.552. The van der Waals surface area contributed by atoms with Gasteiger partial charge in [0.2, 0.25) is 0 Å². The Morgan fingerprint density at radius 3 is 2.66 bits per heavy atom. The molecule has 2 fully saturated rings. The lowest BCUT2D eigenvalue weighted by molar-refractivity contribution is 0.172. The molecule has 29 heavy (non-hydrogen) atoms. The molecule has 1 aromatic heterocycles. The van der Waals surface area contributed by atoms with Gasteiger partial charge in [-0.15, -0.1) is 0 Å². The Morgan fingerprint density at radius 2 is 1.93 bits per heavy atom. The van der Waals surface area contributed by atoms with Crippen LogP contribution in [-0.2, 0) is 17.7 Å². The van der Waals surface area contributed by atoms with Crippen molar-refractivity contribution in [1.82, 2.24) is 15.1 Å². The van der Waals surface area contributed by atoms with Crippen LogP contribution in [0.2, 0.25) is 0 Å². The molecule has 0 radical (unpaired) electrons. The maximum absolute atomic E-state index is 5.51. The van der Waals surface area contributed by atoms with Crippen molar-refractivity contribution < 1.29 is 9.15 Å². The van der Waals surface area contributed by atoms with E-state index in [1.54, 1.807) is 6.26 Å². The van der Waals surface area contributed by atoms with Crippen LogP contribution in [0.4, 0.5) is 0 Å². The lowest BCUT2D eigenvalue weighted by Gasteiger charge is -2.36. The topological polar surface area (TPSA) is 53.2 Å². The second-order valence-corrected chi connectivity index (χ2v) is 7.90. The van der Waals surface area contributed by atoms with E-state index in [-0.39, 0.29) is 0 Å². The van der Waals surface area contributed by atoms with Crippen LogP contribution in [0.5, 0.6) is 0 Å². The summed E-state index contributed by atoms with van der Waals surface area (Å²) in [7, 11) is 0. The molecule has 156 valence electrons. The molecule has 0 saturated carbocycles. The van der Waals surface area contributed by atoms with Crippen LogP contribution in [0.1, 0.15) is 17.7 Å². The zero-order valence-corrected chi connectivity index (χ0v) is 17.1. The fourth-order valence-corrected chi connectivity index (χ4v) is 3.92. The van der Waals surface area contributed by atoms with Crippen molar-refractivity contribution >= 4 is 5.96 Å². The lowest BCUT2D eigenvalue weighted by Crippen LogP contribution is -2.52. The van der Waals surface area contributed by atoms with Crippen molar-refractivity contribution in [3.8, 4) is 0 Å². The molecule has 1 N–H and O–H groups in total. The Hall–Kier alpha value is -2.31. The number of hydrogen-bond donors (Lipinski definition) is 1. The first kappa shape index (κ1) is 20.0. The van der Waals surface area contributed by atoms with E-state index in [2.05, 4.69) is 45.4 Å². The molecule has 6 nitrogen and oxygen atoms in total. The predicted molar refractivity (Wildman–Crippen MR) is 115 cm³/mol. The Labute approximate surface area is 173 Å². The van der Waals surface area contributed by atoms with Gasteiger partial charge in [-0.2, -0.15) is 0 Å².